The Balaban J connectivity index is 2.85. The van der Waals surface area contributed by atoms with Gasteiger partial charge in [0.15, 0.2) is 8.32 Å². The van der Waals surface area contributed by atoms with Crippen molar-refractivity contribution in [1.82, 2.24) is 10.3 Å². The Kier molecular flexibility index (Phi) is 6.03. The lowest BCUT2D eigenvalue weighted by molar-refractivity contribution is -0.128. The first-order chi connectivity index (χ1) is 9.99. The number of nitrogens with zero attached hydrogens (tertiary/aromatic N) is 2. The van der Waals surface area contributed by atoms with Gasteiger partial charge in [0.05, 0.1) is 12.1 Å². The molecule has 0 spiro atoms. The van der Waals surface area contributed by atoms with Gasteiger partial charge in [-0.25, -0.2) is 0 Å². The van der Waals surface area contributed by atoms with E-state index in [1.807, 2.05) is 6.92 Å². The van der Waals surface area contributed by atoms with Gasteiger partial charge < -0.3 is 20.5 Å². The lowest BCUT2D eigenvalue weighted by Gasteiger charge is -2.38. The second-order valence-corrected chi connectivity index (χ2v) is 12.2. The zero-order valence-electron chi connectivity index (χ0n) is 15.1. The molecule has 0 aromatic carbocycles. The average Bonchev–Trinajstić information content (AvgIpc) is 2.78. The van der Waals surface area contributed by atoms with Crippen LogP contribution in [0.4, 0.5) is 0 Å². The molecule has 0 aromatic heterocycles. The number of rotatable bonds is 5. The van der Waals surface area contributed by atoms with Gasteiger partial charge in [0.2, 0.25) is 5.91 Å². The first-order valence-electron chi connectivity index (χ1n) is 8.00. The molecule has 1 fully saturated rings. The molecule has 6 nitrogen and oxygen atoms in total. The predicted molar refractivity (Wildman–Crippen MR) is 93.2 cm³/mol. The van der Waals surface area contributed by atoms with Gasteiger partial charge in [-0.05, 0) is 25.1 Å². The summed E-state index contributed by atoms with van der Waals surface area (Å²) in [5.74, 6) is 0.472. The van der Waals surface area contributed by atoms with Gasteiger partial charge in [-0.3, -0.25) is 4.79 Å². The van der Waals surface area contributed by atoms with Crippen LogP contribution in [0.5, 0.6) is 0 Å². The van der Waals surface area contributed by atoms with Crippen molar-refractivity contribution in [2.24, 2.45) is 10.8 Å². The smallest absolute Gasteiger partial charge is 0.220 e. The van der Waals surface area contributed by atoms with Crippen LogP contribution in [-0.4, -0.2) is 50.2 Å². The van der Waals surface area contributed by atoms with Crippen molar-refractivity contribution >= 4 is 20.1 Å². The molecule has 22 heavy (non-hydrogen) atoms. The van der Waals surface area contributed by atoms with E-state index in [0.717, 1.165) is 0 Å². The van der Waals surface area contributed by atoms with Gasteiger partial charge in [0.1, 0.15) is 5.84 Å². The molecule has 0 radical (unpaired) electrons. The summed E-state index contributed by atoms with van der Waals surface area (Å²) in [6, 6.07) is -0.175. The van der Waals surface area contributed by atoms with Gasteiger partial charge in [-0.2, -0.15) is 5.10 Å². The average molecular weight is 329 g/mol. The highest BCUT2D eigenvalue weighted by molar-refractivity contribution is 6.74. The van der Waals surface area contributed by atoms with Crippen LogP contribution in [0, 0.1) is 0 Å². The van der Waals surface area contributed by atoms with Crippen LogP contribution in [0.3, 0.4) is 0 Å². The quantitative estimate of drug-likeness (QED) is 0.349. The molecule has 128 valence electrons. The number of amides is 1. The maximum atomic E-state index is 11.9. The van der Waals surface area contributed by atoms with Crippen molar-refractivity contribution in [3.63, 3.8) is 0 Å². The van der Waals surface area contributed by atoms with Crippen molar-refractivity contribution in [1.29, 1.82) is 0 Å². The van der Waals surface area contributed by atoms with Crippen LogP contribution in [0.2, 0.25) is 18.1 Å². The number of hydrogen-bond acceptors (Lipinski definition) is 4. The molecule has 3 N–H and O–H groups in total. The number of nitrogens with two attached hydrogens (primary N) is 1. The summed E-state index contributed by atoms with van der Waals surface area (Å²) in [5.41, 5.74) is 8.92. The monoisotopic (exact) mass is 328 g/mol. The minimum absolute atomic E-state index is 0.0148. The van der Waals surface area contributed by atoms with E-state index in [1.54, 1.807) is 11.8 Å². The lowest BCUT2D eigenvalue weighted by Crippen LogP contribution is -2.45. The van der Waals surface area contributed by atoms with Crippen LogP contribution in [0.15, 0.2) is 5.10 Å². The van der Waals surface area contributed by atoms with E-state index in [0.29, 0.717) is 25.3 Å². The Hall–Kier alpha value is -1.08. The number of hydrazone groups is 1. The second kappa shape index (κ2) is 7.00. The van der Waals surface area contributed by atoms with E-state index in [1.165, 1.54) is 0 Å². The van der Waals surface area contributed by atoms with Crippen LogP contribution in [-0.2, 0) is 9.22 Å². The maximum Gasteiger partial charge on any atom is 0.220 e. The van der Waals surface area contributed by atoms with Gasteiger partial charge in [-0.1, -0.05) is 20.8 Å². The third-order valence-corrected chi connectivity index (χ3v) is 9.18. The molecule has 1 aliphatic heterocycles. The standard InChI is InChI=1S/C15H32N4O2Si/c1-8-17-18-14(16)13-9-12(10-19(13)11(2)20)21-22(6,7)15(3,4)5/h12-13,17H,8-10H2,1-7H3,(H2,16,18)/t12?,13-/m0/s1. The molecule has 2 atom stereocenters. The molecule has 0 aromatic rings. The maximum absolute atomic E-state index is 11.9. The zero-order valence-corrected chi connectivity index (χ0v) is 16.1. The molecular weight excluding hydrogens is 296 g/mol. The first-order valence-corrected chi connectivity index (χ1v) is 10.9. The fourth-order valence-corrected chi connectivity index (χ4v) is 3.71. The normalized spacial score (nSPS) is 23.8. The zero-order chi connectivity index (χ0) is 17.1. The van der Waals surface area contributed by atoms with Gasteiger partial charge in [-0.15, -0.1) is 0 Å². The van der Waals surface area contributed by atoms with Gasteiger partial charge >= 0.3 is 0 Å². The molecule has 1 amide bonds. The molecule has 7 heteroatoms. The highest BCUT2D eigenvalue weighted by Gasteiger charge is 2.44. The topological polar surface area (TPSA) is 80.0 Å². The number of likely N-dealkylation sites (tertiary alicyclic amines) is 1. The molecule has 1 unspecified atom stereocenters. The largest absolute Gasteiger partial charge is 0.412 e. The molecule has 0 saturated carbocycles. The summed E-state index contributed by atoms with van der Waals surface area (Å²) >= 11 is 0. The number of carbonyl (C=O) groups is 1. The number of carbonyl (C=O) groups excluding carboxylic acids is 1. The number of nitrogens with one attached hydrogen (secondary N) is 1. The Morgan fingerprint density at radius 1 is 1.45 bits per heavy atom. The Morgan fingerprint density at radius 3 is 2.50 bits per heavy atom. The summed E-state index contributed by atoms with van der Waals surface area (Å²) in [5, 5.41) is 4.29. The minimum Gasteiger partial charge on any atom is -0.412 e. The van der Waals surface area contributed by atoms with E-state index in [2.05, 4.69) is 44.4 Å². The molecule has 0 bridgehead atoms. The fraction of sp³-hybridized carbons (Fsp3) is 0.867. The van der Waals surface area contributed by atoms with Crippen molar-refractivity contribution < 1.29 is 9.22 Å². The van der Waals surface area contributed by atoms with Crippen LogP contribution in [0.1, 0.15) is 41.0 Å². The van der Waals surface area contributed by atoms with E-state index in [4.69, 9.17) is 10.2 Å². The van der Waals surface area contributed by atoms with Crippen LogP contribution < -0.4 is 11.2 Å². The molecule has 1 aliphatic rings. The van der Waals surface area contributed by atoms with Crippen LogP contribution >= 0.6 is 0 Å². The van der Waals surface area contributed by atoms with Gasteiger partial charge in [0.25, 0.3) is 0 Å². The summed E-state index contributed by atoms with van der Waals surface area (Å²) in [6.07, 6.45) is 0.748. The Labute approximate surface area is 135 Å². The van der Waals surface area contributed by atoms with E-state index in [9.17, 15) is 4.79 Å². The van der Waals surface area contributed by atoms with Crippen molar-refractivity contribution in [2.45, 2.75) is 71.3 Å². The molecule has 1 saturated heterocycles. The minimum atomic E-state index is -1.86. The highest BCUT2D eigenvalue weighted by Crippen LogP contribution is 2.38. The highest BCUT2D eigenvalue weighted by atomic mass is 28.4. The molecule has 1 heterocycles. The molecular formula is C15H32N4O2Si. The second-order valence-electron chi connectivity index (χ2n) is 7.47. The van der Waals surface area contributed by atoms with E-state index in [-0.39, 0.29) is 23.1 Å². The van der Waals surface area contributed by atoms with Crippen molar-refractivity contribution in [3.8, 4) is 0 Å². The predicted octanol–water partition coefficient (Wildman–Crippen LogP) is 1.88. The summed E-state index contributed by atoms with van der Waals surface area (Å²) in [7, 11) is -1.86. The van der Waals surface area contributed by atoms with E-state index >= 15 is 0 Å². The summed E-state index contributed by atoms with van der Waals surface area (Å²) < 4.78 is 6.44. The van der Waals surface area contributed by atoms with Crippen molar-refractivity contribution in [2.75, 3.05) is 13.1 Å². The third-order valence-electron chi connectivity index (χ3n) is 4.64. The Morgan fingerprint density at radius 2 is 2.05 bits per heavy atom. The number of amidine groups is 1. The molecule has 1 rings (SSSR count). The Bertz CT molecular complexity index is 432. The van der Waals surface area contributed by atoms with E-state index < -0.39 is 8.32 Å². The fourth-order valence-electron chi connectivity index (χ4n) is 2.35. The summed E-state index contributed by atoms with van der Waals surface area (Å²) in [4.78, 5) is 13.7. The van der Waals surface area contributed by atoms with Crippen LogP contribution in [0.25, 0.3) is 0 Å². The van der Waals surface area contributed by atoms with Gasteiger partial charge in [0, 0.05) is 26.4 Å². The summed E-state index contributed by atoms with van der Waals surface area (Å²) in [6.45, 7) is 15.9. The SMILES string of the molecule is CCNN=C(N)[C@@H]1CC(O[Si](C)(C)C(C)(C)C)CN1C(C)=O. The van der Waals surface area contributed by atoms with Crippen molar-refractivity contribution in [3.05, 3.63) is 0 Å². The molecule has 0 aliphatic carbocycles. The first kappa shape index (κ1) is 19.0. The lowest BCUT2D eigenvalue weighted by atomic mass is 10.2. The third kappa shape index (κ3) is 4.46. The number of hydrogen-bond donors (Lipinski definition) is 2.